The number of rotatable bonds is 7. The topological polar surface area (TPSA) is 72.4 Å². The Morgan fingerprint density at radius 3 is 2.23 bits per heavy atom. The molecule has 0 aromatic heterocycles. The highest BCUT2D eigenvalue weighted by Crippen LogP contribution is 2.32. The van der Waals surface area contributed by atoms with Crippen molar-refractivity contribution < 1.29 is 19.0 Å². The number of hydrazone groups is 1. The molecule has 2 aromatic carbocycles. The zero-order valence-electron chi connectivity index (χ0n) is 15.6. The summed E-state index contributed by atoms with van der Waals surface area (Å²) in [7, 11) is 8.46. The van der Waals surface area contributed by atoms with E-state index in [1.54, 1.807) is 31.4 Å². The SMILES string of the molecule is COc1cc(OC)c(/C=N/NC(=O)c2cccc(N(C)C)c2)c(OC)c1. The average Bonchev–Trinajstić information content (AvgIpc) is 2.67. The number of benzene rings is 2. The minimum atomic E-state index is -0.309. The zero-order valence-corrected chi connectivity index (χ0v) is 15.6. The van der Waals surface area contributed by atoms with Crippen LogP contribution in [0.1, 0.15) is 15.9 Å². The Kier molecular flexibility index (Phi) is 6.43. The van der Waals surface area contributed by atoms with Crippen molar-refractivity contribution in [1.29, 1.82) is 0 Å². The molecule has 2 rings (SSSR count). The smallest absolute Gasteiger partial charge is 0.271 e. The molecule has 0 spiro atoms. The van der Waals surface area contributed by atoms with Crippen LogP contribution in [0.15, 0.2) is 41.5 Å². The molecule has 1 N–H and O–H groups in total. The molecule has 7 nitrogen and oxygen atoms in total. The first-order chi connectivity index (χ1) is 12.5. The predicted molar refractivity (Wildman–Crippen MR) is 102 cm³/mol. The van der Waals surface area contributed by atoms with Crippen LogP contribution in [-0.4, -0.2) is 47.5 Å². The van der Waals surface area contributed by atoms with Crippen LogP contribution in [0.4, 0.5) is 5.69 Å². The van der Waals surface area contributed by atoms with Gasteiger partial charge in [0.1, 0.15) is 17.2 Å². The summed E-state index contributed by atoms with van der Waals surface area (Å²) in [6.45, 7) is 0. The van der Waals surface area contributed by atoms with E-state index in [9.17, 15) is 4.79 Å². The van der Waals surface area contributed by atoms with Crippen molar-refractivity contribution in [3.63, 3.8) is 0 Å². The molecule has 7 heteroatoms. The van der Waals surface area contributed by atoms with Gasteiger partial charge in [-0.3, -0.25) is 4.79 Å². The number of nitrogens with zero attached hydrogens (tertiary/aromatic N) is 2. The second-order valence-corrected chi connectivity index (χ2v) is 5.59. The van der Waals surface area contributed by atoms with Crippen molar-refractivity contribution in [3.05, 3.63) is 47.5 Å². The Labute approximate surface area is 153 Å². The van der Waals surface area contributed by atoms with E-state index < -0.39 is 0 Å². The number of nitrogens with one attached hydrogen (secondary N) is 1. The van der Waals surface area contributed by atoms with Crippen LogP contribution >= 0.6 is 0 Å². The lowest BCUT2D eigenvalue weighted by Crippen LogP contribution is -2.18. The highest BCUT2D eigenvalue weighted by molar-refractivity contribution is 5.96. The number of amides is 1. The van der Waals surface area contributed by atoms with Crippen LogP contribution in [0.25, 0.3) is 0 Å². The summed E-state index contributed by atoms with van der Waals surface area (Å²) in [6.07, 6.45) is 1.48. The van der Waals surface area contributed by atoms with Gasteiger partial charge >= 0.3 is 0 Å². The number of carbonyl (C=O) groups excluding carboxylic acids is 1. The summed E-state index contributed by atoms with van der Waals surface area (Å²) in [4.78, 5) is 14.2. The molecule has 138 valence electrons. The molecule has 0 unspecified atom stereocenters. The minimum absolute atomic E-state index is 0.309. The molecule has 0 atom stereocenters. The molecule has 0 saturated heterocycles. The van der Waals surface area contributed by atoms with Crippen molar-refractivity contribution in [2.45, 2.75) is 0 Å². The Morgan fingerprint density at radius 2 is 1.69 bits per heavy atom. The number of hydrogen-bond donors (Lipinski definition) is 1. The van der Waals surface area contributed by atoms with Gasteiger partial charge in [0.2, 0.25) is 0 Å². The first-order valence-electron chi connectivity index (χ1n) is 7.91. The van der Waals surface area contributed by atoms with Gasteiger partial charge in [-0.2, -0.15) is 5.10 Å². The van der Waals surface area contributed by atoms with Crippen molar-refractivity contribution in [3.8, 4) is 17.2 Å². The second-order valence-electron chi connectivity index (χ2n) is 5.59. The van der Waals surface area contributed by atoms with Gasteiger partial charge in [0, 0.05) is 37.5 Å². The van der Waals surface area contributed by atoms with Crippen LogP contribution in [0.2, 0.25) is 0 Å². The van der Waals surface area contributed by atoms with Crippen LogP contribution in [0, 0.1) is 0 Å². The molecule has 0 saturated carbocycles. The standard InChI is InChI=1S/C19H23N3O4/c1-22(2)14-8-6-7-13(9-14)19(23)21-20-12-16-17(25-4)10-15(24-3)11-18(16)26-5/h6-12H,1-5H3,(H,21,23)/b20-12+. The van der Waals surface area contributed by atoms with Gasteiger partial charge in [-0.05, 0) is 18.2 Å². The maximum Gasteiger partial charge on any atom is 0.271 e. The lowest BCUT2D eigenvalue weighted by molar-refractivity contribution is 0.0955. The molecule has 0 radical (unpaired) electrons. The maximum atomic E-state index is 12.3. The van der Waals surface area contributed by atoms with Crippen LogP contribution < -0.4 is 24.5 Å². The van der Waals surface area contributed by atoms with Gasteiger partial charge in [-0.15, -0.1) is 0 Å². The molecule has 26 heavy (non-hydrogen) atoms. The molecule has 2 aromatic rings. The lowest BCUT2D eigenvalue weighted by atomic mass is 10.2. The average molecular weight is 357 g/mol. The third-order valence-electron chi connectivity index (χ3n) is 3.74. The second kappa shape index (κ2) is 8.75. The molecule has 0 bridgehead atoms. The summed E-state index contributed by atoms with van der Waals surface area (Å²) < 4.78 is 15.9. The first kappa shape index (κ1) is 19.1. The van der Waals surface area contributed by atoms with Gasteiger partial charge in [-0.1, -0.05) is 6.07 Å². The summed E-state index contributed by atoms with van der Waals surface area (Å²) >= 11 is 0. The summed E-state index contributed by atoms with van der Waals surface area (Å²) in [6, 6.07) is 10.7. The fourth-order valence-corrected chi connectivity index (χ4v) is 2.31. The highest BCUT2D eigenvalue weighted by Gasteiger charge is 2.12. The Hall–Kier alpha value is -3.22. The quantitative estimate of drug-likeness (QED) is 0.609. The van der Waals surface area contributed by atoms with E-state index >= 15 is 0 Å². The normalized spacial score (nSPS) is 10.5. The van der Waals surface area contributed by atoms with Crippen LogP contribution in [0.5, 0.6) is 17.2 Å². The zero-order chi connectivity index (χ0) is 19.1. The molecule has 0 aliphatic carbocycles. The molecule has 1 amide bonds. The van der Waals surface area contributed by atoms with Crippen molar-refractivity contribution in [1.82, 2.24) is 5.43 Å². The summed E-state index contributed by atoms with van der Waals surface area (Å²) in [5, 5.41) is 4.03. The minimum Gasteiger partial charge on any atom is -0.496 e. The molecule has 0 fully saturated rings. The van der Waals surface area contributed by atoms with Crippen molar-refractivity contribution in [2.75, 3.05) is 40.3 Å². The van der Waals surface area contributed by atoms with Crippen LogP contribution in [0.3, 0.4) is 0 Å². The van der Waals surface area contributed by atoms with Crippen molar-refractivity contribution >= 4 is 17.8 Å². The maximum absolute atomic E-state index is 12.3. The number of carbonyl (C=O) groups is 1. The molecular formula is C19H23N3O4. The first-order valence-corrected chi connectivity index (χ1v) is 7.91. The van der Waals surface area contributed by atoms with Gasteiger partial charge in [0.25, 0.3) is 5.91 Å². The molecule has 0 aliphatic heterocycles. The fourth-order valence-electron chi connectivity index (χ4n) is 2.31. The predicted octanol–water partition coefficient (Wildman–Crippen LogP) is 2.54. The van der Waals surface area contributed by atoms with Crippen molar-refractivity contribution in [2.24, 2.45) is 5.10 Å². The molecular weight excluding hydrogens is 334 g/mol. The monoisotopic (exact) mass is 357 g/mol. The van der Waals surface area contributed by atoms with E-state index in [-0.39, 0.29) is 5.91 Å². The van der Waals surface area contributed by atoms with Gasteiger partial charge < -0.3 is 19.1 Å². The molecule has 0 aliphatic rings. The molecule has 0 heterocycles. The van der Waals surface area contributed by atoms with E-state index in [2.05, 4.69) is 10.5 Å². The largest absolute Gasteiger partial charge is 0.496 e. The Bertz CT molecular complexity index is 778. The van der Waals surface area contributed by atoms with Gasteiger partial charge in [-0.25, -0.2) is 5.43 Å². The van der Waals surface area contributed by atoms with E-state index in [0.717, 1.165) is 5.69 Å². The van der Waals surface area contributed by atoms with Gasteiger partial charge in [0.05, 0.1) is 33.1 Å². The Balaban J connectivity index is 2.20. The summed E-state index contributed by atoms with van der Waals surface area (Å²) in [5.74, 6) is 1.33. The third kappa shape index (κ3) is 4.44. The third-order valence-corrected chi connectivity index (χ3v) is 3.74. The van der Waals surface area contributed by atoms with E-state index in [4.69, 9.17) is 14.2 Å². The number of anilines is 1. The number of hydrogen-bond acceptors (Lipinski definition) is 6. The fraction of sp³-hybridized carbons (Fsp3) is 0.263. The number of methoxy groups -OCH3 is 3. The van der Waals surface area contributed by atoms with E-state index in [1.807, 2.05) is 31.1 Å². The lowest BCUT2D eigenvalue weighted by Gasteiger charge is -2.13. The van der Waals surface area contributed by atoms with Crippen LogP contribution in [-0.2, 0) is 0 Å². The summed E-state index contributed by atoms with van der Waals surface area (Å²) in [5.41, 5.74) is 4.56. The Morgan fingerprint density at radius 1 is 1.04 bits per heavy atom. The van der Waals surface area contributed by atoms with Gasteiger partial charge in [0.15, 0.2) is 0 Å². The number of ether oxygens (including phenoxy) is 3. The van der Waals surface area contributed by atoms with E-state index in [0.29, 0.717) is 28.4 Å². The highest BCUT2D eigenvalue weighted by atomic mass is 16.5. The van der Waals surface area contributed by atoms with E-state index in [1.165, 1.54) is 20.4 Å².